The van der Waals surface area contributed by atoms with Gasteiger partial charge in [0, 0.05) is 24.5 Å². The number of carbonyl (C=O) groups excluding carboxylic acids is 1. The molecule has 1 N–H and O–H groups in total. The third-order valence-corrected chi connectivity index (χ3v) is 5.19. The maximum absolute atomic E-state index is 12.6. The van der Waals surface area contributed by atoms with E-state index in [1.54, 1.807) is 12.3 Å². The van der Waals surface area contributed by atoms with E-state index in [4.69, 9.17) is 0 Å². The fourth-order valence-corrected chi connectivity index (χ4v) is 3.83. The van der Waals surface area contributed by atoms with Crippen LogP contribution in [0.4, 0.5) is 11.6 Å². The van der Waals surface area contributed by atoms with Crippen molar-refractivity contribution < 1.29 is 4.79 Å². The van der Waals surface area contributed by atoms with Gasteiger partial charge in [0.15, 0.2) is 0 Å². The van der Waals surface area contributed by atoms with E-state index in [0.29, 0.717) is 11.6 Å². The average molecular weight is 336 g/mol. The monoisotopic (exact) mass is 336 g/mol. The maximum Gasteiger partial charge on any atom is 0.270 e. The number of amides is 1. The van der Waals surface area contributed by atoms with Crippen molar-refractivity contribution in [3.8, 4) is 0 Å². The lowest BCUT2D eigenvalue weighted by Gasteiger charge is -2.19. The Bertz CT molecular complexity index is 753. The molecule has 1 saturated carbocycles. The molecule has 5 heteroatoms. The number of fused-ring (bicyclic) bond motifs is 1. The van der Waals surface area contributed by atoms with Crippen LogP contribution in [0.5, 0.6) is 0 Å². The molecule has 1 aliphatic carbocycles. The number of anilines is 2. The molecular weight excluding hydrogens is 312 g/mol. The highest BCUT2D eigenvalue weighted by Gasteiger charge is 2.23. The van der Waals surface area contributed by atoms with Gasteiger partial charge in [-0.05, 0) is 37.0 Å². The summed E-state index contributed by atoms with van der Waals surface area (Å²) in [6.07, 6.45) is 9.77. The van der Waals surface area contributed by atoms with E-state index in [9.17, 15) is 4.79 Å². The van der Waals surface area contributed by atoms with E-state index in [1.165, 1.54) is 31.2 Å². The summed E-state index contributed by atoms with van der Waals surface area (Å²) in [5.74, 6) is 0.529. The van der Waals surface area contributed by atoms with Gasteiger partial charge in [-0.1, -0.05) is 43.9 Å². The number of para-hydroxylation sites is 1. The number of hydrogen-bond acceptors (Lipinski definition) is 4. The summed E-state index contributed by atoms with van der Waals surface area (Å²) in [4.78, 5) is 23.7. The molecule has 0 radical (unpaired) electrons. The number of carbonyl (C=O) groups is 1. The minimum Gasteiger partial charge on any atom is -0.348 e. The summed E-state index contributed by atoms with van der Waals surface area (Å²) in [7, 11) is 0. The van der Waals surface area contributed by atoms with Crippen LogP contribution in [-0.2, 0) is 6.42 Å². The molecule has 1 amide bonds. The zero-order chi connectivity index (χ0) is 17.1. The molecule has 1 fully saturated rings. The Labute approximate surface area is 148 Å². The lowest BCUT2D eigenvalue weighted by Crippen LogP contribution is -2.35. The zero-order valence-electron chi connectivity index (χ0n) is 14.4. The van der Waals surface area contributed by atoms with E-state index in [2.05, 4.69) is 38.4 Å². The number of hydrogen-bond donors (Lipinski definition) is 1. The first-order valence-electron chi connectivity index (χ1n) is 9.30. The second kappa shape index (κ2) is 7.21. The Hall–Kier alpha value is -2.43. The molecule has 0 atom stereocenters. The van der Waals surface area contributed by atoms with Crippen LogP contribution in [0.15, 0.2) is 36.5 Å². The lowest BCUT2D eigenvalue weighted by atomic mass is 10.1. The largest absolute Gasteiger partial charge is 0.348 e. The Kier molecular flexibility index (Phi) is 4.63. The number of nitrogens with one attached hydrogen (secondary N) is 1. The summed E-state index contributed by atoms with van der Waals surface area (Å²) in [6.45, 7) is 0.854. The van der Waals surface area contributed by atoms with E-state index in [-0.39, 0.29) is 11.9 Å². The van der Waals surface area contributed by atoms with Crippen LogP contribution in [0.1, 0.15) is 54.6 Å². The molecule has 2 aliphatic rings. The van der Waals surface area contributed by atoms with Crippen molar-refractivity contribution in [3.05, 3.63) is 47.8 Å². The highest BCUT2D eigenvalue weighted by Crippen LogP contribution is 2.32. The molecule has 1 aliphatic heterocycles. The highest BCUT2D eigenvalue weighted by atomic mass is 16.1. The quantitative estimate of drug-likeness (QED) is 0.870. The standard InChI is InChI=1S/C20H24N4O/c25-19(22-16-8-3-1-2-4-9-16)17-11-13-21-20(23-17)24-14-12-15-7-5-6-10-18(15)24/h5-7,10-11,13,16H,1-4,8-9,12,14H2,(H,22,25). The topological polar surface area (TPSA) is 58.1 Å². The second-order valence-corrected chi connectivity index (χ2v) is 6.93. The number of aromatic nitrogens is 2. The van der Waals surface area contributed by atoms with Crippen LogP contribution in [0.3, 0.4) is 0 Å². The van der Waals surface area contributed by atoms with E-state index < -0.39 is 0 Å². The second-order valence-electron chi connectivity index (χ2n) is 6.93. The number of nitrogens with zero attached hydrogens (tertiary/aromatic N) is 3. The lowest BCUT2D eigenvalue weighted by molar-refractivity contribution is 0.0928. The van der Waals surface area contributed by atoms with Gasteiger partial charge in [-0.15, -0.1) is 0 Å². The summed E-state index contributed by atoms with van der Waals surface area (Å²) in [6, 6.07) is 10.3. The van der Waals surface area contributed by atoms with Gasteiger partial charge in [0.25, 0.3) is 5.91 Å². The Morgan fingerprint density at radius 2 is 1.88 bits per heavy atom. The van der Waals surface area contributed by atoms with Crippen LogP contribution >= 0.6 is 0 Å². The molecule has 5 nitrogen and oxygen atoms in total. The van der Waals surface area contributed by atoms with Crippen molar-refractivity contribution in [2.45, 2.75) is 51.0 Å². The van der Waals surface area contributed by atoms with E-state index in [0.717, 1.165) is 31.5 Å². The third-order valence-electron chi connectivity index (χ3n) is 5.19. The highest BCUT2D eigenvalue weighted by molar-refractivity contribution is 5.92. The number of benzene rings is 1. The molecule has 1 aromatic heterocycles. The molecule has 1 aromatic carbocycles. The van der Waals surface area contributed by atoms with Gasteiger partial charge >= 0.3 is 0 Å². The molecule has 0 spiro atoms. The van der Waals surface area contributed by atoms with E-state index in [1.807, 2.05) is 6.07 Å². The summed E-state index contributed by atoms with van der Waals surface area (Å²) in [5.41, 5.74) is 2.90. The fourth-order valence-electron chi connectivity index (χ4n) is 3.83. The van der Waals surface area contributed by atoms with Crippen LogP contribution in [-0.4, -0.2) is 28.5 Å². The van der Waals surface area contributed by atoms with Crippen molar-refractivity contribution in [3.63, 3.8) is 0 Å². The molecule has 0 saturated heterocycles. The van der Waals surface area contributed by atoms with Crippen molar-refractivity contribution >= 4 is 17.5 Å². The van der Waals surface area contributed by atoms with Gasteiger partial charge in [-0.3, -0.25) is 4.79 Å². The van der Waals surface area contributed by atoms with Gasteiger partial charge in [0.1, 0.15) is 5.69 Å². The van der Waals surface area contributed by atoms with Gasteiger partial charge in [-0.25, -0.2) is 9.97 Å². The Morgan fingerprint density at radius 1 is 1.08 bits per heavy atom. The van der Waals surface area contributed by atoms with Gasteiger partial charge < -0.3 is 10.2 Å². The molecule has 130 valence electrons. The molecule has 25 heavy (non-hydrogen) atoms. The number of rotatable bonds is 3. The van der Waals surface area contributed by atoms with E-state index >= 15 is 0 Å². The summed E-state index contributed by atoms with van der Waals surface area (Å²) < 4.78 is 0. The average Bonchev–Trinajstić information content (AvgIpc) is 2.92. The molecule has 2 aromatic rings. The van der Waals surface area contributed by atoms with Gasteiger partial charge in [0.05, 0.1) is 0 Å². The normalized spacial score (nSPS) is 17.8. The predicted octanol–water partition coefficient (Wildman–Crippen LogP) is 3.62. The first-order chi connectivity index (χ1) is 12.3. The molecular formula is C20H24N4O. The minimum atomic E-state index is -0.0805. The fraction of sp³-hybridized carbons (Fsp3) is 0.450. The van der Waals surface area contributed by atoms with Crippen LogP contribution in [0, 0.1) is 0 Å². The first kappa shape index (κ1) is 16.1. The molecule has 4 rings (SSSR count). The molecule has 0 unspecified atom stereocenters. The zero-order valence-corrected chi connectivity index (χ0v) is 14.4. The smallest absolute Gasteiger partial charge is 0.270 e. The molecule has 2 heterocycles. The third kappa shape index (κ3) is 3.50. The van der Waals surface area contributed by atoms with Gasteiger partial charge in [-0.2, -0.15) is 0 Å². The van der Waals surface area contributed by atoms with Crippen LogP contribution in [0.25, 0.3) is 0 Å². The van der Waals surface area contributed by atoms with Crippen LogP contribution < -0.4 is 10.2 Å². The summed E-state index contributed by atoms with van der Waals surface area (Å²) in [5, 5.41) is 3.16. The summed E-state index contributed by atoms with van der Waals surface area (Å²) >= 11 is 0. The predicted molar refractivity (Wildman–Crippen MR) is 98.1 cm³/mol. The van der Waals surface area contributed by atoms with Crippen molar-refractivity contribution in [1.82, 2.24) is 15.3 Å². The van der Waals surface area contributed by atoms with Crippen molar-refractivity contribution in [2.75, 3.05) is 11.4 Å². The van der Waals surface area contributed by atoms with Crippen molar-refractivity contribution in [2.24, 2.45) is 0 Å². The Morgan fingerprint density at radius 3 is 2.72 bits per heavy atom. The molecule has 0 bridgehead atoms. The first-order valence-corrected chi connectivity index (χ1v) is 9.30. The Balaban J connectivity index is 1.51. The SMILES string of the molecule is O=C(NC1CCCCCC1)c1ccnc(N2CCc3ccccc32)n1. The van der Waals surface area contributed by atoms with Crippen molar-refractivity contribution in [1.29, 1.82) is 0 Å². The maximum atomic E-state index is 12.6. The minimum absolute atomic E-state index is 0.0805. The van der Waals surface area contributed by atoms with Gasteiger partial charge in [0.2, 0.25) is 5.95 Å². The van der Waals surface area contributed by atoms with Crippen LogP contribution in [0.2, 0.25) is 0 Å².